The molecule has 1 aliphatic rings. The Balaban J connectivity index is 1.69. The first kappa shape index (κ1) is 16.7. The molecule has 0 bridgehead atoms. The van der Waals surface area contributed by atoms with E-state index in [-0.39, 0.29) is 23.8 Å². The van der Waals surface area contributed by atoms with E-state index >= 15 is 0 Å². The lowest BCUT2D eigenvalue weighted by molar-refractivity contribution is -0.130. The Morgan fingerprint density at radius 1 is 1.04 bits per heavy atom. The van der Waals surface area contributed by atoms with Gasteiger partial charge in [-0.25, -0.2) is 0 Å². The molecule has 3 heteroatoms. The van der Waals surface area contributed by atoms with Gasteiger partial charge in [0.05, 0.1) is 5.41 Å². The van der Waals surface area contributed by atoms with Crippen molar-refractivity contribution < 1.29 is 9.90 Å². The van der Waals surface area contributed by atoms with E-state index in [9.17, 15) is 9.90 Å². The zero-order valence-electron chi connectivity index (χ0n) is 13.9. The molecule has 3 nitrogen and oxygen atoms in total. The third-order valence-electron chi connectivity index (χ3n) is 5.23. The van der Waals surface area contributed by atoms with Crippen molar-refractivity contribution in [3.63, 3.8) is 0 Å². The Bertz CT molecular complexity index is 650. The van der Waals surface area contributed by atoms with Gasteiger partial charge in [0.25, 0.3) is 0 Å². The molecule has 0 aliphatic heterocycles. The molecule has 2 N–H and O–H groups in total. The lowest BCUT2D eigenvalue weighted by Gasteiger charge is -2.41. The number of aliphatic hydroxyl groups excluding tert-OH is 1. The molecule has 126 valence electrons. The van der Waals surface area contributed by atoms with Crippen molar-refractivity contribution in [3.8, 4) is 0 Å². The monoisotopic (exact) mass is 323 g/mol. The van der Waals surface area contributed by atoms with Gasteiger partial charge >= 0.3 is 0 Å². The lowest BCUT2D eigenvalue weighted by Crippen LogP contribution is -2.50. The summed E-state index contributed by atoms with van der Waals surface area (Å²) >= 11 is 0. The van der Waals surface area contributed by atoms with Crippen LogP contribution in [0.3, 0.4) is 0 Å². The quantitative estimate of drug-likeness (QED) is 0.820. The highest BCUT2D eigenvalue weighted by Gasteiger charge is 2.45. The van der Waals surface area contributed by atoms with Crippen LogP contribution in [0.2, 0.25) is 0 Å². The summed E-state index contributed by atoms with van der Waals surface area (Å²) in [6.45, 7) is 0.692. The standard InChI is InChI=1S/C21H25NO2/c23-15-12-18(17-8-3-1-4-9-17)16-22-20(24)21(13-7-14-21)19-10-5-2-6-11-19/h1-6,8-11,18,23H,7,12-16H2,(H,22,24). The summed E-state index contributed by atoms with van der Waals surface area (Å²) in [5.41, 5.74) is 1.92. The smallest absolute Gasteiger partial charge is 0.230 e. The summed E-state index contributed by atoms with van der Waals surface area (Å²) in [7, 11) is 0. The maximum absolute atomic E-state index is 12.9. The lowest BCUT2D eigenvalue weighted by atomic mass is 9.64. The minimum Gasteiger partial charge on any atom is -0.396 e. The molecule has 1 fully saturated rings. The number of hydrogen-bond acceptors (Lipinski definition) is 2. The van der Waals surface area contributed by atoms with Gasteiger partial charge in [0.15, 0.2) is 0 Å². The van der Waals surface area contributed by atoms with Gasteiger partial charge in [-0.2, -0.15) is 0 Å². The van der Waals surface area contributed by atoms with E-state index in [0.29, 0.717) is 13.0 Å². The van der Waals surface area contributed by atoms with Crippen LogP contribution < -0.4 is 5.32 Å². The zero-order chi connectivity index (χ0) is 16.8. The van der Waals surface area contributed by atoms with Crippen LogP contribution in [0, 0.1) is 0 Å². The van der Waals surface area contributed by atoms with Crippen molar-refractivity contribution in [1.29, 1.82) is 0 Å². The van der Waals surface area contributed by atoms with Crippen LogP contribution >= 0.6 is 0 Å². The van der Waals surface area contributed by atoms with Crippen LogP contribution in [0.4, 0.5) is 0 Å². The first-order valence-electron chi connectivity index (χ1n) is 8.76. The highest BCUT2D eigenvalue weighted by molar-refractivity contribution is 5.89. The third kappa shape index (κ3) is 3.36. The molecule has 0 heterocycles. The molecule has 2 aromatic rings. The van der Waals surface area contributed by atoms with Gasteiger partial charge in [-0.05, 0) is 30.4 Å². The second-order valence-corrected chi connectivity index (χ2v) is 6.63. The molecule has 1 unspecified atom stereocenters. The molecule has 0 spiro atoms. The highest BCUT2D eigenvalue weighted by Crippen LogP contribution is 2.43. The Labute approximate surface area is 143 Å². The summed E-state index contributed by atoms with van der Waals surface area (Å²) in [5.74, 6) is 0.270. The van der Waals surface area contributed by atoms with Crippen molar-refractivity contribution in [2.24, 2.45) is 0 Å². The summed E-state index contributed by atoms with van der Waals surface area (Å²) in [4.78, 5) is 12.9. The second-order valence-electron chi connectivity index (χ2n) is 6.63. The molecular formula is C21H25NO2. The second kappa shape index (κ2) is 7.63. The van der Waals surface area contributed by atoms with E-state index in [1.54, 1.807) is 0 Å². The van der Waals surface area contributed by atoms with Gasteiger partial charge in [0, 0.05) is 19.1 Å². The Hall–Kier alpha value is -2.13. The van der Waals surface area contributed by atoms with Crippen molar-refractivity contribution in [2.75, 3.05) is 13.2 Å². The number of rotatable bonds is 7. The van der Waals surface area contributed by atoms with Gasteiger partial charge in [-0.1, -0.05) is 67.1 Å². The van der Waals surface area contributed by atoms with Crippen LogP contribution in [0.25, 0.3) is 0 Å². The molecule has 0 saturated heterocycles. The van der Waals surface area contributed by atoms with E-state index in [2.05, 4.69) is 29.6 Å². The molecule has 0 radical (unpaired) electrons. The van der Waals surface area contributed by atoms with Crippen molar-refractivity contribution in [3.05, 3.63) is 71.8 Å². The van der Waals surface area contributed by atoms with Crippen LogP contribution in [-0.2, 0) is 10.2 Å². The number of carbonyl (C=O) groups is 1. The average molecular weight is 323 g/mol. The van der Waals surface area contributed by atoms with Crippen LogP contribution in [0.1, 0.15) is 42.7 Å². The summed E-state index contributed by atoms with van der Waals surface area (Å²) in [5, 5.41) is 12.5. The summed E-state index contributed by atoms with van der Waals surface area (Å²) in [6.07, 6.45) is 3.58. The van der Waals surface area contributed by atoms with E-state index in [0.717, 1.165) is 30.4 Å². The maximum atomic E-state index is 12.9. The van der Waals surface area contributed by atoms with Gasteiger partial charge < -0.3 is 10.4 Å². The molecule has 1 amide bonds. The van der Waals surface area contributed by atoms with E-state index in [4.69, 9.17) is 0 Å². The molecular weight excluding hydrogens is 298 g/mol. The fourth-order valence-corrected chi connectivity index (χ4v) is 3.59. The molecule has 1 aliphatic carbocycles. The Morgan fingerprint density at radius 3 is 2.21 bits per heavy atom. The summed E-state index contributed by atoms with van der Waals surface area (Å²) < 4.78 is 0. The molecule has 2 aromatic carbocycles. The van der Waals surface area contributed by atoms with E-state index in [1.165, 1.54) is 0 Å². The number of nitrogens with one attached hydrogen (secondary N) is 1. The number of amides is 1. The van der Waals surface area contributed by atoms with Gasteiger partial charge in [0.2, 0.25) is 5.91 Å². The van der Waals surface area contributed by atoms with E-state index in [1.807, 2.05) is 36.4 Å². The SMILES string of the molecule is O=C(NCC(CCO)c1ccccc1)C1(c2ccccc2)CCC1. The minimum atomic E-state index is -0.359. The fourth-order valence-electron chi connectivity index (χ4n) is 3.59. The predicted molar refractivity (Wildman–Crippen MR) is 95.9 cm³/mol. The molecule has 1 saturated carbocycles. The van der Waals surface area contributed by atoms with Gasteiger partial charge in [-0.3, -0.25) is 4.79 Å². The van der Waals surface area contributed by atoms with Gasteiger partial charge in [0.1, 0.15) is 0 Å². The predicted octanol–water partition coefficient (Wildman–Crippen LogP) is 3.39. The molecule has 0 aromatic heterocycles. The topological polar surface area (TPSA) is 49.3 Å². The normalized spacial score (nSPS) is 16.9. The largest absolute Gasteiger partial charge is 0.396 e. The van der Waals surface area contributed by atoms with Crippen LogP contribution in [0.15, 0.2) is 60.7 Å². The molecule has 24 heavy (non-hydrogen) atoms. The highest BCUT2D eigenvalue weighted by atomic mass is 16.3. The number of benzene rings is 2. The third-order valence-corrected chi connectivity index (χ3v) is 5.23. The number of aliphatic hydroxyl groups is 1. The fraction of sp³-hybridized carbons (Fsp3) is 0.381. The zero-order valence-corrected chi connectivity index (χ0v) is 13.9. The average Bonchev–Trinajstić information content (AvgIpc) is 2.59. The van der Waals surface area contributed by atoms with Crippen molar-refractivity contribution >= 4 is 5.91 Å². The summed E-state index contributed by atoms with van der Waals surface area (Å²) in [6, 6.07) is 20.2. The Morgan fingerprint density at radius 2 is 1.67 bits per heavy atom. The van der Waals surface area contributed by atoms with Crippen LogP contribution in [-0.4, -0.2) is 24.2 Å². The van der Waals surface area contributed by atoms with Crippen LogP contribution in [0.5, 0.6) is 0 Å². The first-order valence-corrected chi connectivity index (χ1v) is 8.76. The molecule has 3 rings (SSSR count). The van der Waals surface area contributed by atoms with Crippen molar-refractivity contribution in [1.82, 2.24) is 5.32 Å². The maximum Gasteiger partial charge on any atom is 0.230 e. The van der Waals surface area contributed by atoms with E-state index < -0.39 is 0 Å². The Kier molecular flexibility index (Phi) is 5.31. The number of hydrogen-bond donors (Lipinski definition) is 2. The van der Waals surface area contributed by atoms with Gasteiger partial charge in [-0.15, -0.1) is 0 Å². The minimum absolute atomic E-state index is 0.124. The number of carbonyl (C=O) groups excluding carboxylic acids is 1. The molecule has 1 atom stereocenters. The first-order chi connectivity index (χ1) is 11.8. The van der Waals surface area contributed by atoms with Crippen molar-refractivity contribution in [2.45, 2.75) is 37.0 Å².